The number of halogens is 1. The molecule has 1 amide bonds. The number of nitrogens with two attached hydrogens (primary N) is 1. The van der Waals surface area contributed by atoms with Crippen molar-refractivity contribution in [3.8, 4) is 0 Å². The van der Waals surface area contributed by atoms with Crippen molar-refractivity contribution in [2.45, 2.75) is 51.4 Å². The predicted molar refractivity (Wildman–Crippen MR) is 99.8 cm³/mol. The lowest BCUT2D eigenvalue weighted by Crippen LogP contribution is -2.14. The van der Waals surface area contributed by atoms with E-state index in [4.69, 9.17) is 5.73 Å². The monoisotopic (exact) mass is 348 g/mol. The number of aromatic nitrogens is 2. The van der Waals surface area contributed by atoms with Crippen molar-refractivity contribution in [1.29, 1.82) is 0 Å². The number of hydrogen-bond donors (Lipinski definition) is 3. The number of nitrogens with one attached hydrogen (secondary N) is 2. The van der Waals surface area contributed by atoms with Gasteiger partial charge in [-0.25, -0.2) is 0 Å². The maximum Gasteiger partial charge on any atom is 0.257 e. The normalized spacial score (nSPS) is 15.4. The standard InChI is InChI=1S/C18H24N4O.ClH/c1-12-8-9-14(19)10-15(12)18(23)20-17-11-16(21-22-17)13-6-4-2-3-5-7-13;/h8-11,13H,2-7,19H2,1H3,(H2,20,21,22,23);1H. The van der Waals surface area contributed by atoms with E-state index in [1.807, 2.05) is 19.1 Å². The zero-order valence-corrected chi connectivity index (χ0v) is 14.8. The molecule has 24 heavy (non-hydrogen) atoms. The lowest BCUT2D eigenvalue weighted by Gasteiger charge is -2.10. The highest BCUT2D eigenvalue weighted by molar-refractivity contribution is 6.05. The third-order valence-electron chi connectivity index (χ3n) is 4.64. The SMILES string of the molecule is Cc1ccc(N)cc1C(=O)Nc1cc(C2CCCCCC2)[nH]n1.Cl. The Balaban J connectivity index is 0.00000208. The van der Waals surface area contributed by atoms with Gasteiger partial charge in [0, 0.05) is 28.9 Å². The van der Waals surface area contributed by atoms with Crippen molar-refractivity contribution in [3.63, 3.8) is 0 Å². The molecule has 0 unspecified atom stereocenters. The van der Waals surface area contributed by atoms with Gasteiger partial charge in [0.25, 0.3) is 5.91 Å². The molecule has 1 heterocycles. The lowest BCUT2D eigenvalue weighted by atomic mass is 9.97. The molecule has 0 aliphatic heterocycles. The van der Waals surface area contributed by atoms with E-state index >= 15 is 0 Å². The summed E-state index contributed by atoms with van der Waals surface area (Å²) in [7, 11) is 0. The number of hydrogen-bond acceptors (Lipinski definition) is 3. The minimum absolute atomic E-state index is 0. The zero-order valence-electron chi connectivity index (χ0n) is 14.0. The van der Waals surface area contributed by atoms with E-state index in [-0.39, 0.29) is 18.3 Å². The molecule has 0 radical (unpaired) electrons. The van der Waals surface area contributed by atoms with Crippen molar-refractivity contribution in [1.82, 2.24) is 10.2 Å². The van der Waals surface area contributed by atoms with E-state index in [1.165, 1.54) is 38.5 Å². The number of carbonyl (C=O) groups excluding carboxylic acids is 1. The lowest BCUT2D eigenvalue weighted by molar-refractivity contribution is 0.102. The van der Waals surface area contributed by atoms with Crippen molar-refractivity contribution < 1.29 is 4.79 Å². The number of aryl methyl sites for hydroxylation is 1. The summed E-state index contributed by atoms with van der Waals surface area (Å²) >= 11 is 0. The van der Waals surface area contributed by atoms with Crippen LogP contribution in [0.15, 0.2) is 24.3 Å². The first-order valence-electron chi connectivity index (χ1n) is 8.36. The van der Waals surface area contributed by atoms with Gasteiger partial charge in [-0.2, -0.15) is 5.10 Å². The highest BCUT2D eigenvalue weighted by atomic mass is 35.5. The molecule has 4 N–H and O–H groups in total. The van der Waals surface area contributed by atoms with Gasteiger partial charge in [-0.3, -0.25) is 9.89 Å². The Kier molecular flexibility index (Phi) is 6.26. The van der Waals surface area contributed by atoms with Gasteiger partial charge < -0.3 is 11.1 Å². The minimum atomic E-state index is -0.172. The van der Waals surface area contributed by atoms with Crippen LogP contribution in [0.2, 0.25) is 0 Å². The van der Waals surface area contributed by atoms with Gasteiger partial charge >= 0.3 is 0 Å². The largest absolute Gasteiger partial charge is 0.399 e. The fraction of sp³-hybridized carbons (Fsp3) is 0.444. The second kappa shape index (κ2) is 8.20. The van der Waals surface area contributed by atoms with Crippen LogP contribution in [-0.4, -0.2) is 16.1 Å². The van der Waals surface area contributed by atoms with Crippen LogP contribution in [0.5, 0.6) is 0 Å². The summed E-state index contributed by atoms with van der Waals surface area (Å²) in [4.78, 5) is 12.4. The van der Waals surface area contributed by atoms with E-state index in [2.05, 4.69) is 15.5 Å². The second-order valence-electron chi connectivity index (χ2n) is 6.43. The molecule has 0 saturated heterocycles. The van der Waals surface area contributed by atoms with Crippen LogP contribution >= 0.6 is 12.4 Å². The average Bonchev–Trinajstić information content (AvgIpc) is 2.82. The summed E-state index contributed by atoms with van der Waals surface area (Å²) in [5, 5.41) is 10.2. The van der Waals surface area contributed by atoms with E-state index in [9.17, 15) is 4.79 Å². The van der Waals surface area contributed by atoms with Gasteiger partial charge in [-0.15, -0.1) is 12.4 Å². The van der Waals surface area contributed by atoms with Gasteiger partial charge in [-0.1, -0.05) is 31.7 Å². The van der Waals surface area contributed by atoms with Crippen LogP contribution in [0.3, 0.4) is 0 Å². The Morgan fingerprint density at radius 2 is 1.92 bits per heavy atom. The van der Waals surface area contributed by atoms with E-state index in [0.717, 1.165) is 11.3 Å². The zero-order chi connectivity index (χ0) is 16.2. The summed E-state index contributed by atoms with van der Waals surface area (Å²) in [6, 6.07) is 7.32. The highest BCUT2D eigenvalue weighted by Gasteiger charge is 2.18. The first kappa shape index (κ1) is 18.3. The topological polar surface area (TPSA) is 83.8 Å². The molecule has 1 aliphatic carbocycles. The Labute approximate surface area is 148 Å². The number of aromatic amines is 1. The molecule has 1 aromatic heterocycles. The Morgan fingerprint density at radius 1 is 1.21 bits per heavy atom. The molecule has 0 bridgehead atoms. The first-order valence-corrected chi connectivity index (χ1v) is 8.36. The number of H-pyrrole nitrogens is 1. The molecule has 6 heteroatoms. The summed E-state index contributed by atoms with van der Waals surface area (Å²) in [5.74, 6) is 0.939. The van der Waals surface area contributed by atoms with Crippen LogP contribution in [0.1, 0.15) is 66.1 Å². The van der Waals surface area contributed by atoms with E-state index in [0.29, 0.717) is 23.0 Å². The van der Waals surface area contributed by atoms with Crippen LogP contribution in [-0.2, 0) is 0 Å². The molecule has 1 fully saturated rings. The maximum atomic E-state index is 12.4. The van der Waals surface area contributed by atoms with Crippen LogP contribution in [0.25, 0.3) is 0 Å². The number of carbonyl (C=O) groups is 1. The Morgan fingerprint density at radius 3 is 2.62 bits per heavy atom. The number of nitrogen functional groups attached to an aromatic ring is 1. The molecule has 1 aliphatic rings. The third-order valence-corrected chi connectivity index (χ3v) is 4.64. The smallest absolute Gasteiger partial charge is 0.257 e. The van der Waals surface area contributed by atoms with Crippen molar-refractivity contribution >= 4 is 29.8 Å². The van der Waals surface area contributed by atoms with Gasteiger partial charge in [-0.05, 0) is 37.5 Å². The summed E-state index contributed by atoms with van der Waals surface area (Å²) in [6.45, 7) is 1.90. The number of rotatable bonds is 3. The van der Waals surface area contributed by atoms with Crippen molar-refractivity contribution in [2.24, 2.45) is 0 Å². The Hall–Kier alpha value is -2.01. The van der Waals surface area contributed by atoms with Gasteiger partial charge in [0.1, 0.15) is 0 Å². The number of amides is 1. The molecule has 130 valence electrons. The summed E-state index contributed by atoms with van der Waals surface area (Å²) in [6.07, 6.45) is 7.58. The van der Waals surface area contributed by atoms with Crippen LogP contribution < -0.4 is 11.1 Å². The van der Waals surface area contributed by atoms with Gasteiger partial charge in [0.05, 0.1) is 0 Å². The second-order valence-corrected chi connectivity index (χ2v) is 6.43. The third kappa shape index (κ3) is 4.29. The predicted octanol–water partition coefficient (Wildman–Crippen LogP) is 4.41. The van der Waals surface area contributed by atoms with Crippen molar-refractivity contribution in [2.75, 3.05) is 11.1 Å². The fourth-order valence-electron chi connectivity index (χ4n) is 3.27. The molecular formula is C18H25ClN4O. The quantitative estimate of drug-likeness (QED) is 0.567. The molecular weight excluding hydrogens is 324 g/mol. The number of nitrogens with zero attached hydrogens (tertiary/aromatic N) is 1. The average molecular weight is 349 g/mol. The molecule has 0 spiro atoms. The molecule has 1 saturated carbocycles. The van der Waals surface area contributed by atoms with Crippen LogP contribution in [0, 0.1) is 6.92 Å². The summed E-state index contributed by atoms with van der Waals surface area (Å²) in [5.41, 5.74) is 8.98. The molecule has 2 aromatic rings. The number of benzene rings is 1. The first-order chi connectivity index (χ1) is 11.1. The van der Waals surface area contributed by atoms with E-state index in [1.54, 1.807) is 12.1 Å². The Bertz CT molecular complexity index is 690. The maximum absolute atomic E-state index is 12.4. The van der Waals surface area contributed by atoms with Crippen molar-refractivity contribution in [3.05, 3.63) is 41.1 Å². The van der Waals surface area contributed by atoms with Crippen LogP contribution in [0.4, 0.5) is 11.5 Å². The van der Waals surface area contributed by atoms with Gasteiger partial charge in [0.15, 0.2) is 5.82 Å². The van der Waals surface area contributed by atoms with E-state index < -0.39 is 0 Å². The van der Waals surface area contributed by atoms with Gasteiger partial charge in [0.2, 0.25) is 0 Å². The highest BCUT2D eigenvalue weighted by Crippen LogP contribution is 2.31. The summed E-state index contributed by atoms with van der Waals surface area (Å²) < 4.78 is 0. The molecule has 3 rings (SSSR count). The number of anilines is 2. The minimum Gasteiger partial charge on any atom is -0.399 e. The molecule has 0 atom stereocenters. The fourth-order valence-corrected chi connectivity index (χ4v) is 3.27. The molecule has 1 aromatic carbocycles. The molecule has 5 nitrogen and oxygen atoms in total.